The van der Waals surface area contributed by atoms with Crippen LogP contribution in [0.3, 0.4) is 0 Å². The fraction of sp³-hybridized carbons (Fsp3) is 0.619. The maximum Gasteiger partial charge on any atom is 0.330 e. The monoisotopic (exact) mass is 432 g/mol. The lowest BCUT2D eigenvalue weighted by Gasteiger charge is -2.37. The van der Waals surface area contributed by atoms with E-state index in [9.17, 15) is 4.79 Å². The van der Waals surface area contributed by atoms with Gasteiger partial charge in [-0.15, -0.1) is 0 Å². The van der Waals surface area contributed by atoms with E-state index in [0.29, 0.717) is 6.04 Å². The summed E-state index contributed by atoms with van der Waals surface area (Å²) < 4.78 is 13.0. The van der Waals surface area contributed by atoms with Crippen LogP contribution in [0.5, 0.6) is 0 Å². The van der Waals surface area contributed by atoms with E-state index >= 15 is 0 Å². The van der Waals surface area contributed by atoms with Gasteiger partial charge in [-0.25, -0.2) is 4.79 Å². The molecule has 1 fully saturated rings. The average molecular weight is 433 g/mol. The number of aryl methyl sites for hydroxylation is 3. The second-order valence-corrected chi connectivity index (χ2v) is 9.05. The van der Waals surface area contributed by atoms with Crippen molar-refractivity contribution in [3.8, 4) is 0 Å². The Kier molecular flexibility index (Phi) is 6.58. The molecule has 2 aliphatic rings. The molecule has 4 rings (SSSR count). The molecule has 8 nitrogen and oxygen atoms in total. The Labute approximate surface area is 182 Å². The molecule has 0 saturated carbocycles. The van der Waals surface area contributed by atoms with Crippen LogP contribution in [0, 0.1) is 0 Å². The maximum atomic E-state index is 12.8. The second-order valence-electron chi connectivity index (χ2n) is 8.27. The summed E-state index contributed by atoms with van der Waals surface area (Å²) in [5, 5.41) is 7.39. The molecule has 9 heteroatoms. The molecule has 30 heavy (non-hydrogen) atoms. The molecule has 0 aromatic carbocycles. The Morgan fingerprint density at radius 2 is 2.17 bits per heavy atom. The first-order valence-corrected chi connectivity index (χ1v) is 11.7. The third kappa shape index (κ3) is 4.62. The number of furan rings is 1. The number of anilines is 2. The van der Waals surface area contributed by atoms with Crippen molar-refractivity contribution in [2.45, 2.75) is 57.9 Å². The zero-order valence-electron chi connectivity index (χ0n) is 18.1. The molecule has 0 radical (unpaired) electrons. The number of carbonyl (C=O) groups excluding carboxylic acids is 1. The van der Waals surface area contributed by atoms with Gasteiger partial charge >= 0.3 is 6.03 Å². The minimum Gasteiger partial charge on any atom is -0.464 e. The van der Waals surface area contributed by atoms with E-state index in [1.54, 1.807) is 4.68 Å². The van der Waals surface area contributed by atoms with Crippen LogP contribution in [0.2, 0.25) is 0 Å². The van der Waals surface area contributed by atoms with Gasteiger partial charge in [-0.05, 0) is 45.7 Å². The number of likely N-dealkylation sites (N-methyl/N-ethyl adjacent to an activating group) is 1. The number of nitrogens with one attached hydrogen (secondary N) is 2. The number of urea groups is 1. The third-order valence-electron chi connectivity index (χ3n) is 5.92. The predicted octanol–water partition coefficient (Wildman–Crippen LogP) is 3.74. The number of aromatic nitrogens is 2. The summed E-state index contributed by atoms with van der Waals surface area (Å²) in [6, 6.07) is 0.0908. The summed E-state index contributed by atoms with van der Waals surface area (Å²) in [4.78, 5) is 15.1. The largest absolute Gasteiger partial charge is 0.464 e. The lowest BCUT2D eigenvalue weighted by atomic mass is 9.97. The highest BCUT2D eigenvalue weighted by Gasteiger charge is 2.27. The highest BCUT2D eigenvalue weighted by atomic mass is 32.2. The number of amides is 2. The van der Waals surface area contributed by atoms with Crippen LogP contribution < -0.4 is 14.3 Å². The van der Waals surface area contributed by atoms with Crippen molar-refractivity contribution < 1.29 is 9.21 Å². The van der Waals surface area contributed by atoms with Gasteiger partial charge in [0.05, 0.1) is 35.7 Å². The normalized spacial score (nSPS) is 19.4. The predicted molar refractivity (Wildman–Crippen MR) is 121 cm³/mol. The fourth-order valence-electron chi connectivity index (χ4n) is 4.44. The fourth-order valence-corrected chi connectivity index (χ4v) is 5.19. The summed E-state index contributed by atoms with van der Waals surface area (Å²) in [6.45, 7) is 4.13. The summed E-state index contributed by atoms with van der Waals surface area (Å²) >= 11 is 1.34. The van der Waals surface area contributed by atoms with Gasteiger partial charge in [0.15, 0.2) is 0 Å². The van der Waals surface area contributed by atoms with Gasteiger partial charge in [-0.1, -0.05) is 6.92 Å². The molecule has 2 amide bonds. The number of hydrogen-bond donors (Lipinski definition) is 2. The Morgan fingerprint density at radius 3 is 2.90 bits per heavy atom. The van der Waals surface area contributed by atoms with Gasteiger partial charge in [0.2, 0.25) is 0 Å². The number of hydrogen-bond acceptors (Lipinski definition) is 6. The van der Waals surface area contributed by atoms with Crippen LogP contribution in [0.15, 0.2) is 16.8 Å². The molecule has 1 aliphatic heterocycles. The summed E-state index contributed by atoms with van der Waals surface area (Å²) in [7, 11) is 4.06. The van der Waals surface area contributed by atoms with E-state index < -0.39 is 0 Å². The Bertz CT molecular complexity index is 879. The molecular weight excluding hydrogens is 400 g/mol. The van der Waals surface area contributed by atoms with Crippen LogP contribution in [0.4, 0.5) is 16.2 Å². The van der Waals surface area contributed by atoms with Gasteiger partial charge in [0.25, 0.3) is 0 Å². The molecule has 2 aromatic rings. The van der Waals surface area contributed by atoms with E-state index in [1.807, 2.05) is 19.4 Å². The third-order valence-corrected chi connectivity index (χ3v) is 6.90. The van der Waals surface area contributed by atoms with E-state index in [1.165, 1.54) is 17.7 Å². The maximum absolute atomic E-state index is 12.8. The van der Waals surface area contributed by atoms with Crippen molar-refractivity contribution in [1.29, 1.82) is 0 Å². The minimum absolute atomic E-state index is 0.220. The SMILES string of the molecule is CCc1oc2c(c1NC(=O)NSN(c1cnn(C)c1)C1CCCN(C)C1)CCCC2. The highest BCUT2D eigenvalue weighted by molar-refractivity contribution is 7.99. The smallest absolute Gasteiger partial charge is 0.330 e. The molecule has 1 saturated heterocycles. The molecule has 1 unspecified atom stereocenters. The lowest BCUT2D eigenvalue weighted by molar-refractivity contribution is 0.253. The first kappa shape index (κ1) is 21.1. The van der Waals surface area contributed by atoms with Crippen molar-refractivity contribution in [2.24, 2.45) is 7.05 Å². The Morgan fingerprint density at radius 1 is 1.33 bits per heavy atom. The number of piperidine rings is 1. The van der Waals surface area contributed by atoms with Gasteiger partial charge in [-0.3, -0.25) is 13.7 Å². The first-order valence-electron chi connectivity index (χ1n) is 10.9. The molecule has 1 aliphatic carbocycles. The number of fused-ring (bicyclic) bond motifs is 1. The van der Waals surface area contributed by atoms with Crippen molar-refractivity contribution in [1.82, 2.24) is 19.4 Å². The standard InChI is InChI=1S/C21H32N6O2S/c1-4-18-20(17-9-5-6-10-19(17)29-18)23-21(28)24-30-27(16-12-22-26(3)14-16)15-8-7-11-25(2)13-15/h12,14-15H,4-11,13H2,1-3H3,(H2,23,24,28). The van der Waals surface area contributed by atoms with Crippen molar-refractivity contribution >= 4 is 29.5 Å². The molecule has 3 heterocycles. The number of nitrogens with zero attached hydrogens (tertiary/aromatic N) is 4. The van der Waals surface area contributed by atoms with Crippen molar-refractivity contribution in [2.75, 3.05) is 29.8 Å². The zero-order chi connectivity index (χ0) is 21.1. The molecule has 164 valence electrons. The summed E-state index contributed by atoms with van der Waals surface area (Å²) in [5.74, 6) is 1.92. The molecule has 2 N–H and O–H groups in total. The number of carbonyl (C=O) groups is 1. The van der Waals surface area contributed by atoms with Crippen molar-refractivity contribution in [3.63, 3.8) is 0 Å². The van der Waals surface area contributed by atoms with Crippen LogP contribution in [-0.2, 0) is 26.3 Å². The average Bonchev–Trinajstić information content (AvgIpc) is 3.32. The Hall–Kier alpha value is -2.13. The zero-order valence-corrected chi connectivity index (χ0v) is 18.9. The van der Waals surface area contributed by atoms with E-state index in [4.69, 9.17) is 4.42 Å². The van der Waals surface area contributed by atoms with Crippen molar-refractivity contribution in [3.05, 3.63) is 29.5 Å². The lowest BCUT2D eigenvalue weighted by Crippen LogP contribution is -2.45. The van der Waals surface area contributed by atoms with Gasteiger partial charge in [0.1, 0.15) is 11.5 Å². The molecule has 1 atom stereocenters. The minimum atomic E-state index is -0.220. The van der Waals surface area contributed by atoms with E-state index in [-0.39, 0.29) is 6.03 Å². The summed E-state index contributed by atoms with van der Waals surface area (Å²) in [6.07, 6.45) is 11.1. The number of likely N-dealkylation sites (tertiary alicyclic amines) is 1. The van der Waals surface area contributed by atoms with Crippen LogP contribution in [-0.4, -0.2) is 46.9 Å². The molecule has 0 bridgehead atoms. The first-order chi connectivity index (χ1) is 14.5. The number of rotatable bonds is 6. The topological polar surface area (TPSA) is 78.6 Å². The highest BCUT2D eigenvalue weighted by Crippen LogP contribution is 2.34. The Balaban J connectivity index is 1.45. The van der Waals surface area contributed by atoms with Crippen LogP contribution >= 0.6 is 12.1 Å². The van der Waals surface area contributed by atoms with E-state index in [0.717, 1.165) is 80.9 Å². The van der Waals surface area contributed by atoms with Gasteiger partial charge in [0, 0.05) is 38.2 Å². The van der Waals surface area contributed by atoms with Gasteiger partial charge < -0.3 is 14.6 Å². The van der Waals surface area contributed by atoms with E-state index in [2.05, 4.69) is 38.3 Å². The molecule has 2 aromatic heterocycles. The second kappa shape index (κ2) is 9.34. The molecule has 0 spiro atoms. The van der Waals surface area contributed by atoms with Gasteiger partial charge in [-0.2, -0.15) is 5.10 Å². The molecular formula is C21H32N6O2S. The van der Waals surface area contributed by atoms with Crippen LogP contribution in [0.1, 0.15) is 49.7 Å². The van der Waals surface area contributed by atoms with Crippen LogP contribution in [0.25, 0.3) is 0 Å². The summed E-state index contributed by atoms with van der Waals surface area (Å²) in [5.41, 5.74) is 3.05. The quantitative estimate of drug-likeness (QED) is 0.677.